The highest BCUT2D eigenvalue weighted by Gasteiger charge is 2.33. The SMILES string of the molecule is COc1ccc(C2CC(c3ccccc3)=NN2C(=O)CSc2n[nH]c(-c3cc(Cl)ccc3OC)n2)cc1. The van der Waals surface area contributed by atoms with Crippen LogP contribution >= 0.6 is 23.4 Å². The van der Waals surface area contributed by atoms with E-state index in [0.717, 1.165) is 22.6 Å². The maximum absolute atomic E-state index is 13.4. The molecule has 1 aromatic heterocycles. The van der Waals surface area contributed by atoms with Gasteiger partial charge >= 0.3 is 0 Å². The minimum Gasteiger partial charge on any atom is -0.497 e. The van der Waals surface area contributed by atoms with Gasteiger partial charge in [0.2, 0.25) is 5.16 Å². The van der Waals surface area contributed by atoms with Crippen LogP contribution in [0, 0.1) is 0 Å². The second-order valence-electron chi connectivity index (χ2n) is 8.24. The van der Waals surface area contributed by atoms with E-state index in [9.17, 15) is 4.79 Å². The number of aromatic amines is 1. The summed E-state index contributed by atoms with van der Waals surface area (Å²) in [6.07, 6.45) is 0.617. The summed E-state index contributed by atoms with van der Waals surface area (Å²) in [7, 11) is 3.21. The first-order chi connectivity index (χ1) is 18.1. The number of aromatic nitrogens is 3. The quantitative estimate of drug-likeness (QED) is 0.296. The number of ether oxygens (including phenoxy) is 2. The third-order valence-corrected chi connectivity index (χ3v) is 7.05. The van der Waals surface area contributed by atoms with Crippen LogP contribution in [0.25, 0.3) is 11.4 Å². The molecule has 3 aromatic carbocycles. The van der Waals surface area contributed by atoms with E-state index in [4.69, 9.17) is 26.2 Å². The Hall–Kier alpha value is -3.82. The number of carbonyl (C=O) groups excluding carboxylic acids is 1. The number of hydrogen-bond donors (Lipinski definition) is 1. The minimum atomic E-state index is -0.215. The molecule has 1 N–H and O–H groups in total. The van der Waals surface area contributed by atoms with Crippen LogP contribution in [-0.4, -0.2) is 51.8 Å². The van der Waals surface area contributed by atoms with Crippen molar-refractivity contribution in [2.75, 3.05) is 20.0 Å². The van der Waals surface area contributed by atoms with Gasteiger partial charge in [-0.05, 0) is 41.5 Å². The van der Waals surface area contributed by atoms with Gasteiger partial charge in [-0.1, -0.05) is 65.8 Å². The maximum atomic E-state index is 13.4. The molecule has 1 amide bonds. The molecule has 0 saturated carbocycles. The number of H-pyrrole nitrogens is 1. The van der Waals surface area contributed by atoms with Crippen molar-refractivity contribution in [1.29, 1.82) is 0 Å². The number of thioether (sulfide) groups is 1. The summed E-state index contributed by atoms with van der Waals surface area (Å²) in [6.45, 7) is 0. The smallest absolute Gasteiger partial charge is 0.253 e. The fraction of sp³-hybridized carbons (Fsp3) is 0.185. The van der Waals surface area contributed by atoms with Gasteiger partial charge in [0.25, 0.3) is 5.91 Å². The normalized spacial score (nSPS) is 14.9. The molecule has 2 heterocycles. The van der Waals surface area contributed by atoms with Crippen LogP contribution in [0.3, 0.4) is 0 Å². The molecular weight excluding hydrogens is 510 g/mol. The van der Waals surface area contributed by atoms with Crippen LogP contribution < -0.4 is 9.47 Å². The second kappa shape index (κ2) is 11.1. The lowest BCUT2D eigenvalue weighted by atomic mass is 9.98. The molecule has 1 aliphatic heterocycles. The predicted molar refractivity (Wildman–Crippen MR) is 144 cm³/mol. The topological polar surface area (TPSA) is 92.7 Å². The van der Waals surface area contributed by atoms with Crippen LogP contribution in [0.5, 0.6) is 11.5 Å². The van der Waals surface area contributed by atoms with E-state index in [1.165, 1.54) is 11.8 Å². The van der Waals surface area contributed by atoms with E-state index in [-0.39, 0.29) is 17.7 Å². The number of nitrogens with zero attached hydrogens (tertiary/aromatic N) is 4. The molecule has 37 heavy (non-hydrogen) atoms. The number of hydrazone groups is 1. The molecule has 188 valence electrons. The van der Waals surface area contributed by atoms with Gasteiger partial charge in [-0.25, -0.2) is 9.99 Å². The standard InChI is InChI=1S/C27H24ClN5O3S/c1-35-20-11-8-18(9-12-20)23-15-22(17-6-4-3-5-7-17)32-33(23)25(34)16-37-27-29-26(30-31-27)21-14-19(28)10-13-24(21)36-2/h3-14,23H,15-16H2,1-2H3,(H,29,30,31). The van der Waals surface area contributed by atoms with Gasteiger partial charge in [0.05, 0.1) is 37.3 Å². The maximum Gasteiger partial charge on any atom is 0.253 e. The monoisotopic (exact) mass is 533 g/mol. The van der Waals surface area contributed by atoms with Crippen molar-refractivity contribution in [2.24, 2.45) is 5.10 Å². The van der Waals surface area contributed by atoms with E-state index in [1.54, 1.807) is 37.4 Å². The molecule has 10 heteroatoms. The van der Waals surface area contributed by atoms with Gasteiger partial charge < -0.3 is 9.47 Å². The molecule has 0 saturated heterocycles. The number of nitrogens with one attached hydrogen (secondary N) is 1. The van der Waals surface area contributed by atoms with Crippen molar-refractivity contribution in [3.8, 4) is 22.9 Å². The molecule has 1 aliphatic rings. The van der Waals surface area contributed by atoms with Crippen molar-refractivity contribution < 1.29 is 14.3 Å². The lowest BCUT2D eigenvalue weighted by Gasteiger charge is -2.22. The summed E-state index contributed by atoms with van der Waals surface area (Å²) in [5.74, 6) is 1.88. The largest absolute Gasteiger partial charge is 0.497 e. The van der Waals surface area contributed by atoms with Gasteiger partial charge in [-0.15, -0.1) is 5.10 Å². The first-order valence-corrected chi connectivity index (χ1v) is 12.9. The summed E-state index contributed by atoms with van der Waals surface area (Å²) in [6, 6.07) is 22.7. The minimum absolute atomic E-state index is 0.127. The van der Waals surface area contributed by atoms with Crippen LogP contribution in [0.15, 0.2) is 83.1 Å². The van der Waals surface area contributed by atoms with Crippen LogP contribution in [0.4, 0.5) is 0 Å². The molecule has 0 aliphatic carbocycles. The molecule has 0 spiro atoms. The summed E-state index contributed by atoms with van der Waals surface area (Å²) in [5.41, 5.74) is 3.55. The summed E-state index contributed by atoms with van der Waals surface area (Å²) >= 11 is 7.39. The third kappa shape index (κ3) is 5.47. The molecule has 5 rings (SSSR count). The molecule has 8 nitrogen and oxygen atoms in total. The zero-order valence-corrected chi connectivity index (χ0v) is 21.8. The summed E-state index contributed by atoms with van der Waals surface area (Å²) in [5, 5.41) is 14.5. The highest BCUT2D eigenvalue weighted by Crippen LogP contribution is 2.35. The third-order valence-electron chi connectivity index (χ3n) is 5.98. The number of amides is 1. The van der Waals surface area contributed by atoms with Crippen molar-refractivity contribution in [1.82, 2.24) is 20.2 Å². The average Bonchev–Trinajstić information content (AvgIpc) is 3.60. The van der Waals surface area contributed by atoms with E-state index in [1.807, 2.05) is 54.6 Å². The molecular formula is C27H24ClN5O3S. The summed E-state index contributed by atoms with van der Waals surface area (Å²) in [4.78, 5) is 17.9. The van der Waals surface area contributed by atoms with Gasteiger partial charge in [0.1, 0.15) is 11.5 Å². The Morgan fingerprint density at radius 1 is 1.08 bits per heavy atom. The zero-order chi connectivity index (χ0) is 25.8. The zero-order valence-electron chi connectivity index (χ0n) is 20.2. The van der Waals surface area contributed by atoms with Gasteiger partial charge in [0.15, 0.2) is 5.82 Å². The Bertz CT molecular complexity index is 1430. The molecule has 0 radical (unpaired) electrons. The number of hydrogen-bond acceptors (Lipinski definition) is 7. The number of carbonyl (C=O) groups is 1. The Labute approximate surface area is 223 Å². The van der Waals surface area contributed by atoms with Crippen molar-refractivity contribution in [3.05, 3.63) is 88.9 Å². The molecule has 0 bridgehead atoms. The average molecular weight is 534 g/mol. The van der Waals surface area contributed by atoms with E-state index in [2.05, 4.69) is 15.2 Å². The Morgan fingerprint density at radius 3 is 2.59 bits per heavy atom. The lowest BCUT2D eigenvalue weighted by Crippen LogP contribution is -2.28. The lowest BCUT2D eigenvalue weighted by molar-refractivity contribution is -0.130. The summed E-state index contributed by atoms with van der Waals surface area (Å²) < 4.78 is 10.7. The van der Waals surface area contributed by atoms with Crippen LogP contribution in [-0.2, 0) is 4.79 Å². The van der Waals surface area contributed by atoms with E-state index >= 15 is 0 Å². The van der Waals surface area contributed by atoms with E-state index < -0.39 is 0 Å². The number of halogens is 1. The highest BCUT2D eigenvalue weighted by molar-refractivity contribution is 7.99. The van der Waals surface area contributed by atoms with Crippen LogP contribution in [0.2, 0.25) is 5.02 Å². The second-order valence-corrected chi connectivity index (χ2v) is 9.62. The number of benzene rings is 3. The van der Waals surface area contributed by atoms with Gasteiger partial charge in [0, 0.05) is 11.4 Å². The molecule has 1 atom stereocenters. The number of rotatable bonds is 8. The Morgan fingerprint density at radius 2 is 1.86 bits per heavy atom. The Balaban J connectivity index is 1.34. The van der Waals surface area contributed by atoms with Crippen molar-refractivity contribution >= 4 is 35.0 Å². The Kier molecular flexibility index (Phi) is 7.43. The van der Waals surface area contributed by atoms with Gasteiger partial charge in [-0.2, -0.15) is 5.10 Å². The molecule has 0 fully saturated rings. The van der Waals surface area contributed by atoms with Crippen molar-refractivity contribution in [2.45, 2.75) is 17.6 Å². The van der Waals surface area contributed by atoms with Crippen molar-refractivity contribution in [3.63, 3.8) is 0 Å². The first-order valence-electron chi connectivity index (χ1n) is 11.5. The molecule has 1 unspecified atom stereocenters. The first kappa shape index (κ1) is 24.9. The van der Waals surface area contributed by atoms with E-state index in [0.29, 0.717) is 33.7 Å². The van der Waals surface area contributed by atoms with Crippen LogP contribution in [0.1, 0.15) is 23.6 Å². The number of methoxy groups -OCH3 is 2. The fourth-order valence-corrected chi connectivity index (χ4v) is 4.94. The molecule has 4 aromatic rings. The fourth-order valence-electron chi connectivity index (χ4n) is 4.12. The predicted octanol–water partition coefficient (Wildman–Crippen LogP) is 5.61. The van der Waals surface area contributed by atoms with Gasteiger partial charge in [-0.3, -0.25) is 9.89 Å². The highest BCUT2D eigenvalue weighted by atomic mass is 35.5.